The Balaban J connectivity index is 2.03. The van der Waals surface area contributed by atoms with Crippen molar-refractivity contribution in [3.05, 3.63) is 29.8 Å². The number of anilines is 1. The molecule has 0 aromatic heterocycles. The van der Waals surface area contributed by atoms with Crippen molar-refractivity contribution >= 4 is 27.6 Å². The van der Waals surface area contributed by atoms with Gasteiger partial charge >= 0.3 is 5.97 Å². The van der Waals surface area contributed by atoms with Gasteiger partial charge in [-0.3, -0.25) is 13.9 Å². The molecule has 24 heavy (non-hydrogen) atoms. The van der Waals surface area contributed by atoms with Crippen LogP contribution >= 0.6 is 0 Å². The Morgan fingerprint density at radius 3 is 2.62 bits per heavy atom. The molecule has 2 N–H and O–H groups in total. The van der Waals surface area contributed by atoms with Crippen molar-refractivity contribution in [1.29, 1.82) is 0 Å². The quantitative estimate of drug-likeness (QED) is 0.805. The second-order valence-electron chi connectivity index (χ2n) is 6.49. The number of amides is 1. The largest absolute Gasteiger partial charge is 0.481 e. The van der Waals surface area contributed by atoms with E-state index in [-0.39, 0.29) is 18.2 Å². The Labute approximate surface area is 141 Å². The van der Waals surface area contributed by atoms with Crippen LogP contribution in [0, 0.1) is 5.41 Å². The summed E-state index contributed by atoms with van der Waals surface area (Å²) in [6.45, 7) is 3.84. The normalized spacial score (nSPS) is 16.8. The molecular formula is C16H22N2O5S. The van der Waals surface area contributed by atoms with Gasteiger partial charge in [-0.2, -0.15) is 0 Å². The third-order valence-corrected chi connectivity index (χ3v) is 5.98. The zero-order chi connectivity index (χ0) is 18.0. The van der Waals surface area contributed by atoms with Gasteiger partial charge in [0, 0.05) is 18.7 Å². The summed E-state index contributed by atoms with van der Waals surface area (Å²) in [5.74, 6) is -1.15. The minimum Gasteiger partial charge on any atom is -0.481 e. The van der Waals surface area contributed by atoms with Gasteiger partial charge in [-0.05, 0) is 44.9 Å². The average molecular weight is 354 g/mol. The number of hydrogen-bond donors (Lipinski definition) is 2. The maximum Gasteiger partial charge on any atom is 0.309 e. The molecule has 1 aliphatic rings. The molecule has 1 amide bonds. The van der Waals surface area contributed by atoms with Gasteiger partial charge in [-0.15, -0.1) is 0 Å². The number of benzene rings is 1. The van der Waals surface area contributed by atoms with Crippen molar-refractivity contribution in [2.45, 2.75) is 26.7 Å². The van der Waals surface area contributed by atoms with Gasteiger partial charge in [0.1, 0.15) is 0 Å². The lowest BCUT2D eigenvalue weighted by Crippen LogP contribution is -2.32. The van der Waals surface area contributed by atoms with E-state index in [2.05, 4.69) is 5.32 Å². The molecule has 1 saturated heterocycles. The van der Waals surface area contributed by atoms with Crippen molar-refractivity contribution in [3.63, 3.8) is 0 Å². The number of carbonyl (C=O) groups excluding carboxylic acids is 1. The minimum atomic E-state index is -3.29. The van der Waals surface area contributed by atoms with E-state index in [1.54, 1.807) is 38.1 Å². The molecule has 1 aromatic rings. The summed E-state index contributed by atoms with van der Waals surface area (Å²) < 4.78 is 25.2. The highest BCUT2D eigenvalue weighted by molar-refractivity contribution is 7.93. The first kappa shape index (κ1) is 18.3. The number of carboxylic acid groups (broad SMARTS) is 1. The predicted octanol–water partition coefficient (Wildman–Crippen LogP) is 1.46. The Morgan fingerprint density at radius 1 is 1.33 bits per heavy atom. The van der Waals surface area contributed by atoms with Gasteiger partial charge in [0.05, 0.1) is 16.9 Å². The second kappa shape index (κ2) is 6.80. The van der Waals surface area contributed by atoms with Crippen LogP contribution in [0.4, 0.5) is 5.69 Å². The van der Waals surface area contributed by atoms with E-state index in [9.17, 15) is 18.0 Å². The smallest absolute Gasteiger partial charge is 0.309 e. The molecular weight excluding hydrogens is 332 g/mol. The first-order valence-corrected chi connectivity index (χ1v) is 9.36. The number of nitrogens with zero attached hydrogens (tertiary/aromatic N) is 1. The van der Waals surface area contributed by atoms with Gasteiger partial charge < -0.3 is 10.4 Å². The van der Waals surface area contributed by atoms with Crippen LogP contribution in [0.15, 0.2) is 24.3 Å². The molecule has 0 aliphatic carbocycles. The van der Waals surface area contributed by atoms with Crippen LogP contribution in [0.1, 0.15) is 37.0 Å². The molecule has 1 aliphatic heterocycles. The number of rotatable bonds is 6. The van der Waals surface area contributed by atoms with E-state index in [4.69, 9.17) is 5.11 Å². The summed E-state index contributed by atoms with van der Waals surface area (Å²) in [7, 11) is -3.29. The third-order valence-electron chi connectivity index (χ3n) is 4.11. The van der Waals surface area contributed by atoms with Crippen LogP contribution in [0.25, 0.3) is 0 Å². The fourth-order valence-electron chi connectivity index (χ4n) is 2.43. The van der Waals surface area contributed by atoms with Crippen molar-refractivity contribution in [2.24, 2.45) is 5.41 Å². The van der Waals surface area contributed by atoms with E-state index in [1.807, 2.05) is 0 Å². The number of carbonyl (C=O) groups is 2. The van der Waals surface area contributed by atoms with Crippen molar-refractivity contribution in [1.82, 2.24) is 5.32 Å². The molecule has 2 rings (SSSR count). The van der Waals surface area contributed by atoms with Crippen molar-refractivity contribution in [2.75, 3.05) is 23.1 Å². The maximum atomic E-state index is 12.2. The predicted molar refractivity (Wildman–Crippen MR) is 90.6 cm³/mol. The minimum absolute atomic E-state index is 0.119. The SMILES string of the molecule is CC(C)(CCNC(=O)c1cccc(N2CCCS2(=O)=O)c1)C(=O)O. The fourth-order valence-corrected chi connectivity index (χ4v) is 3.99. The highest BCUT2D eigenvalue weighted by Crippen LogP contribution is 2.25. The van der Waals surface area contributed by atoms with E-state index in [1.165, 1.54) is 4.31 Å². The van der Waals surface area contributed by atoms with Gasteiger partial charge in [-0.1, -0.05) is 6.07 Å². The Kier molecular flexibility index (Phi) is 5.17. The number of sulfonamides is 1. The van der Waals surface area contributed by atoms with E-state index in [0.717, 1.165) is 0 Å². The van der Waals surface area contributed by atoms with Gasteiger partial charge in [0.25, 0.3) is 5.91 Å². The molecule has 0 radical (unpaired) electrons. The molecule has 0 saturated carbocycles. The number of carboxylic acids is 1. The van der Waals surface area contributed by atoms with Gasteiger partial charge in [0.2, 0.25) is 10.0 Å². The molecule has 0 atom stereocenters. The number of hydrogen-bond acceptors (Lipinski definition) is 4. The Hall–Kier alpha value is -2.09. The highest BCUT2D eigenvalue weighted by Gasteiger charge is 2.29. The van der Waals surface area contributed by atoms with Crippen LogP contribution in [-0.2, 0) is 14.8 Å². The summed E-state index contributed by atoms with van der Waals surface area (Å²) in [4.78, 5) is 23.2. The van der Waals surface area contributed by atoms with Crippen molar-refractivity contribution in [3.8, 4) is 0 Å². The summed E-state index contributed by atoms with van der Waals surface area (Å²) in [5, 5.41) is 11.7. The highest BCUT2D eigenvalue weighted by atomic mass is 32.2. The van der Waals surface area contributed by atoms with Crippen molar-refractivity contribution < 1.29 is 23.1 Å². The van der Waals surface area contributed by atoms with Crippen LogP contribution < -0.4 is 9.62 Å². The lowest BCUT2D eigenvalue weighted by atomic mass is 9.90. The summed E-state index contributed by atoms with van der Waals surface area (Å²) >= 11 is 0. The molecule has 1 fully saturated rings. The Bertz CT molecular complexity index is 743. The van der Waals surface area contributed by atoms with Gasteiger partial charge in [-0.25, -0.2) is 8.42 Å². The number of nitrogens with one attached hydrogen (secondary N) is 1. The monoisotopic (exact) mass is 354 g/mol. The van der Waals surface area contributed by atoms with Crippen LogP contribution in [-0.4, -0.2) is 44.2 Å². The van der Waals surface area contributed by atoms with Crippen LogP contribution in [0.3, 0.4) is 0 Å². The number of aliphatic carboxylic acids is 1. The second-order valence-corrected chi connectivity index (χ2v) is 8.50. The van der Waals surface area contributed by atoms with Crippen LogP contribution in [0.2, 0.25) is 0 Å². The maximum absolute atomic E-state index is 12.2. The third kappa shape index (κ3) is 4.05. The molecule has 1 heterocycles. The van der Waals surface area contributed by atoms with E-state index >= 15 is 0 Å². The molecule has 0 bridgehead atoms. The Morgan fingerprint density at radius 2 is 2.04 bits per heavy atom. The summed E-state index contributed by atoms with van der Waals surface area (Å²) in [6, 6.07) is 6.44. The van der Waals surface area contributed by atoms with Crippen LogP contribution in [0.5, 0.6) is 0 Å². The molecule has 8 heteroatoms. The lowest BCUT2D eigenvalue weighted by Gasteiger charge is -2.19. The first-order chi connectivity index (χ1) is 11.1. The zero-order valence-corrected chi connectivity index (χ0v) is 14.6. The molecule has 132 valence electrons. The van der Waals surface area contributed by atoms with E-state index < -0.39 is 21.4 Å². The molecule has 0 spiro atoms. The van der Waals surface area contributed by atoms with Gasteiger partial charge in [0.15, 0.2) is 0 Å². The molecule has 7 nitrogen and oxygen atoms in total. The zero-order valence-electron chi connectivity index (χ0n) is 13.8. The fraction of sp³-hybridized carbons (Fsp3) is 0.500. The lowest BCUT2D eigenvalue weighted by molar-refractivity contribution is -0.147. The summed E-state index contributed by atoms with van der Waals surface area (Å²) in [5.41, 5.74) is -0.0904. The standard InChI is InChI=1S/C16H22N2O5S/c1-16(2,15(20)21)7-8-17-14(19)12-5-3-6-13(11-12)18-9-4-10-24(18,22)23/h3,5-6,11H,4,7-10H2,1-2H3,(H,17,19)(H,20,21). The topological polar surface area (TPSA) is 104 Å². The summed E-state index contributed by atoms with van der Waals surface area (Å²) in [6.07, 6.45) is 0.872. The molecule has 0 unspecified atom stereocenters. The first-order valence-electron chi connectivity index (χ1n) is 7.75. The average Bonchev–Trinajstić information content (AvgIpc) is 2.86. The van der Waals surface area contributed by atoms with E-state index in [0.29, 0.717) is 30.6 Å². The molecule has 1 aromatic carbocycles.